The maximum Gasteiger partial charge on any atom is 0.243 e. The molecule has 0 spiro atoms. The summed E-state index contributed by atoms with van der Waals surface area (Å²) in [4.78, 5) is 3.70. The van der Waals surface area contributed by atoms with Gasteiger partial charge in [0.25, 0.3) is 0 Å². The molecule has 0 saturated carbocycles. The Morgan fingerprint density at radius 2 is 1.91 bits per heavy atom. The van der Waals surface area contributed by atoms with Gasteiger partial charge in [0.05, 0.1) is 16.8 Å². The molecule has 0 saturated heterocycles. The zero-order chi connectivity index (χ0) is 15.7. The van der Waals surface area contributed by atoms with E-state index in [0.717, 1.165) is 22.3 Å². The van der Waals surface area contributed by atoms with E-state index in [2.05, 4.69) is 9.71 Å². The first-order valence-electron chi connectivity index (χ1n) is 6.25. The number of para-hydroxylation sites is 1. The average Bonchev–Trinajstić information content (AvgIpc) is 2.87. The number of rotatable bonds is 4. The van der Waals surface area contributed by atoms with Gasteiger partial charge in [-0.15, -0.1) is 11.3 Å². The minimum Gasteiger partial charge on any atom is -0.240 e. The number of nitrogens with one attached hydrogen (secondary N) is 1. The number of sulfonamides is 1. The van der Waals surface area contributed by atoms with Crippen LogP contribution in [0.25, 0.3) is 10.2 Å². The molecule has 0 fully saturated rings. The summed E-state index contributed by atoms with van der Waals surface area (Å²) in [6.45, 7) is -0.0570. The number of fused-ring (bicyclic) bond motifs is 1. The molecular weight excluding hydrogens is 330 g/mol. The van der Waals surface area contributed by atoms with Crippen LogP contribution in [0.4, 0.5) is 8.78 Å². The molecule has 114 valence electrons. The maximum atomic E-state index is 13.6. The Hall–Kier alpha value is -1.90. The lowest BCUT2D eigenvalue weighted by molar-refractivity contribution is 0.543. The second-order valence-electron chi connectivity index (χ2n) is 4.47. The smallest absolute Gasteiger partial charge is 0.240 e. The van der Waals surface area contributed by atoms with Gasteiger partial charge in [0.2, 0.25) is 10.0 Å². The summed E-state index contributed by atoms with van der Waals surface area (Å²) in [5, 5.41) is 0.562. The number of hydrogen-bond acceptors (Lipinski definition) is 4. The quantitative estimate of drug-likeness (QED) is 0.794. The molecule has 0 aliphatic carbocycles. The minimum absolute atomic E-state index is 0.0570. The Morgan fingerprint density at radius 3 is 2.64 bits per heavy atom. The van der Waals surface area contributed by atoms with Gasteiger partial charge in [-0.3, -0.25) is 0 Å². The standard InChI is InChI=1S/C14H10F2N2O2S2/c15-9-5-6-13(10(16)7-9)22(19,20)17-8-14-18-11-3-1-2-4-12(11)21-14/h1-7,17H,8H2. The first kappa shape index (κ1) is 15.0. The Labute approximate surface area is 129 Å². The first-order valence-corrected chi connectivity index (χ1v) is 8.55. The van der Waals surface area contributed by atoms with E-state index in [0.29, 0.717) is 11.1 Å². The Balaban J connectivity index is 1.82. The number of aromatic nitrogens is 1. The molecular formula is C14H10F2N2O2S2. The summed E-state index contributed by atoms with van der Waals surface area (Å²) in [5.41, 5.74) is 0.773. The fraction of sp³-hybridized carbons (Fsp3) is 0.0714. The van der Waals surface area contributed by atoms with Crippen molar-refractivity contribution >= 4 is 31.6 Å². The zero-order valence-corrected chi connectivity index (χ0v) is 12.7. The molecule has 0 aliphatic rings. The van der Waals surface area contributed by atoms with E-state index in [4.69, 9.17) is 0 Å². The van der Waals surface area contributed by atoms with Crippen LogP contribution in [0.2, 0.25) is 0 Å². The number of nitrogens with zero attached hydrogens (tertiary/aromatic N) is 1. The molecule has 1 heterocycles. The molecule has 22 heavy (non-hydrogen) atoms. The molecule has 0 radical (unpaired) electrons. The normalized spacial score (nSPS) is 11.9. The monoisotopic (exact) mass is 340 g/mol. The fourth-order valence-corrected chi connectivity index (χ4v) is 3.97. The highest BCUT2D eigenvalue weighted by Gasteiger charge is 2.19. The van der Waals surface area contributed by atoms with Crippen LogP contribution in [0.5, 0.6) is 0 Å². The summed E-state index contributed by atoms with van der Waals surface area (Å²) in [6.07, 6.45) is 0. The molecule has 0 unspecified atom stereocenters. The van der Waals surface area contributed by atoms with E-state index in [1.165, 1.54) is 11.3 Å². The number of hydrogen-bond donors (Lipinski definition) is 1. The lowest BCUT2D eigenvalue weighted by Gasteiger charge is -2.06. The largest absolute Gasteiger partial charge is 0.243 e. The van der Waals surface area contributed by atoms with Gasteiger partial charge in [-0.2, -0.15) is 0 Å². The minimum atomic E-state index is -4.07. The topological polar surface area (TPSA) is 59.1 Å². The summed E-state index contributed by atoms with van der Waals surface area (Å²) in [7, 11) is -4.07. The van der Waals surface area contributed by atoms with Crippen LogP contribution >= 0.6 is 11.3 Å². The lowest BCUT2D eigenvalue weighted by atomic mass is 10.3. The second kappa shape index (κ2) is 5.71. The maximum absolute atomic E-state index is 13.6. The van der Waals surface area contributed by atoms with E-state index in [9.17, 15) is 17.2 Å². The molecule has 1 N–H and O–H groups in total. The molecule has 0 bridgehead atoms. The van der Waals surface area contributed by atoms with Crippen molar-refractivity contribution in [3.63, 3.8) is 0 Å². The van der Waals surface area contributed by atoms with Crippen molar-refractivity contribution in [2.24, 2.45) is 0 Å². The summed E-state index contributed by atoms with van der Waals surface area (Å²) in [6, 6.07) is 9.73. The van der Waals surface area contributed by atoms with Crippen molar-refractivity contribution in [3.05, 3.63) is 59.1 Å². The molecule has 2 aromatic carbocycles. The van der Waals surface area contributed by atoms with E-state index in [-0.39, 0.29) is 6.54 Å². The third kappa shape index (κ3) is 2.99. The third-order valence-electron chi connectivity index (χ3n) is 2.94. The predicted molar refractivity (Wildman–Crippen MR) is 80.0 cm³/mol. The summed E-state index contributed by atoms with van der Waals surface area (Å²) < 4.78 is 53.7. The third-order valence-corrected chi connectivity index (χ3v) is 5.41. The van der Waals surface area contributed by atoms with E-state index < -0.39 is 26.6 Å². The Kier molecular flexibility index (Phi) is 3.90. The lowest BCUT2D eigenvalue weighted by Crippen LogP contribution is -2.24. The van der Waals surface area contributed by atoms with Gasteiger partial charge in [0.1, 0.15) is 21.5 Å². The summed E-state index contributed by atoms with van der Waals surface area (Å²) in [5.74, 6) is -1.96. The molecule has 0 atom stereocenters. The molecule has 8 heteroatoms. The fourth-order valence-electron chi connectivity index (χ4n) is 1.92. The SMILES string of the molecule is O=S(=O)(NCc1nc2ccccc2s1)c1ccc(F)cc1F. The van der Waals surface area contributed by atoms with Gasteiger partial charge in [-0.1, -0.05) is 12.1 Å². The van der Waals surface area contributed by atoms with Gasteiger partial charge >= 0.3 is 0 Å². The molecule has 1 aromatic heterocycles. The number of benzene rings is 2. The van der Waals surface area contributed by atoms with Crippen molar-refractivity contribution in [1.82, 2.24) is 9.71 Å². The molecule has 0 amide bonds. The molecule has 0 aliphatic heterocycles. The van der Waals surface area contributed by atoms with Crippen LogP contribution in [-0.2, 0) is 16.6 Å². The zero-order valence-electron chi connectivity index (χ0n) is 11.1. The van der Waals surface area contributed by atoms with Crippen LogP contribution in [0.1, 0.15) is 5.01 Å². The van der Waals surface area contributed by atoms with Gasteiger partial charge < -0.3 is 0 Å². The van der Waals surface area contributed by atoms with Crippen molar-refractivity contribution in [3.8, 4) is 0 Å². The first-order chi connectivity index (χ1) is 10.5. The van der Waals surface area contributed by atoms with Crippen LogP contribution in [0.3, 0.4) is 0 Å². The van der Waals surface area contributed by atoms with Crippen molar-refractivity contribution < 1.29 is 17.2 Å². The summed E-state index contributed by atoms with van der Waals surface area (Å²) >= 11 is 1.35. The van der Waals surface area contributed by atoms with Gasteiger partial charge in [0.15, 0.2) is 0 Å². The van der Waals surface area contributed by atoms with E-state index in [1.807, 2.05) is 24.3 Å². The molecule has 4 nitrogen and oxygen atoms in total. The van der Waals surface area contributed by atoms with Crippen molar-refractivity contribution in [2.75, 3.05) is 0 Å². The highest BCUT2D eigenvalue weighted by molar-refractivity contribution is 7.89. The average molecular weight is 340 g/mol. The van der Waals surface area contributed by atoms with E-state index >= 15 is 0 Å². The van der Waals surface area contributed by atoms with Crippen molar-refractivity contribution in [1.29, 1.82) is 0 Å². The van der Waals surface area contributed by atoms with Crippen molar-refractivity contribution in [2.45, 2.75) is 11.4 Å². The van der Waals surface area contributed by atoms with Gasteiger partial charge in [-0.25, -0.2) is 26.9 Å². The highest BCUT2D eigenvalue weighted by atomic mass is 32.2. The number of halogens is 2. The van der Waals surface area contributed by atoms with Gasteiger partial charge in [0, 0.05) is 6.07 Å². The highest BCUT2D eigenvalue weighted by Crippen LogP contribution is 2.22. The van der Waals surface area contributed by atoms with Crippen LogP contribution in [0.15, 0.2) is 47.4 Å². The predicted octanol–water partition coefficient (Wildman–Crippen LogP) is 3.05. The molecule has 3 rings (SSSR count). The Bertz CT molecular complexity index is 906. The van der Waals surface area contributed by atoms with Crippen LogP contribution < -0.4 is 4.72 Å². The van der Waals surface area contributed by atoms with Crippen LogP contribution in [-0.4, -0.2) is 13.4 Å². The van der Waals surface area contributed by atoms with E-state index in [1.54, 1.807) is 0 Å². The second-order valence-corrected chi connectivity index (χ2v) is 7.33. The Morgan fingerprint density at radius 1 is 1.14 bits per heavy atom. The van der Waals surface area contributed by atoms with Gasteiger partial charge in [-0.05, 0) is 24.3 Å². The van der Waals surface area contributed by atoms with Crippen LogP contribution in [0, 0.1) is 11.6 Å². The molecule has 3 aromatic rings. The number of thiazole rings is 1.